The number of imidazole rings is 1. The van der Waals surface area contributed by atoms with E-state index < -0.39 is 11.6 Å². The summed E-state index contributed by atoms with van der Waals surface area (Å²) >= 11 is 0. The second-order valence-electron chi connectivity index (χ2n) is 6.68. The van der Waals surface area contributed by atoms with Crippen LogP contribution in [0.3, 0.4) is 0 Å². The molecule has 0 saturated carbocycles. The van der Waals surface area contributed by atoms with E-state index in [1.807, 2.05) is 28.4 Å². The van der Waals surface area contributed by atoms with Crippen molar-refractivity contribution in [3.05, 3.63) is 60.1 Å². The number of halogens is 2. The van der Waals surface area contributed by atoms with Gasteiger partial charge in [-0.3, -0.25) is 4.68 Å². The van der Waals surface area contributed by atoms with Gasteiger partial charge in [-0.25, -0.2) is 13.8 Å². The van der Waals surface area contributed by atoms with Crippen molar-refractivity contribution in [2.24, 2.45) is 7.05 Å². The summed E-state index contributed by atoms with van der Waals surface area (Å²) in [5.74, 6) is -1.18. The highest BCUT2D eigenvalue weighted by Crippen LogP contribution is 2.39. The lowest BCUT2D eigenvalue weighted by Gasteiger charge is -2.07. The molecule has 0 spiro atoms. The maximum Gasteiger partial charge on any atom is 0.135 e. The van der Waals surface area contributed by atoms with Gasteiger partial charge >= 0.3 is 0 Å². The number of benzene rings is 2. The van der Waals surface area contributed by atoms with Crippen LogP contribution in [0.1, 0.15) is 12.1 Å². The van der Waals surface area contributed by atoms with E-state index >= 15 is 0 Å². The predicted octanol–water partition coefficient (Wildman–Crippen LogP) is 4.33. The van der Waals surface area contributed by atoms with Crippen LogP contribution < -0.4 is 0 Å². The summed E-state index contributed by atoms with van der Waals surface area (Å²) in [5.41, 5.74) is 5.82. The number of hydrogen-bond donors (Lipinski definition) is 0. The molecule has 0 fully saturated rings. The Morgan fingerprint density at radius 1 is 1.08 bits per heavy atom. The predicted molar refractivity (Wildman–Crippen MR) is 95.6 cm³/mol. The first kappa shape index (κ1) is 15.3. The molecule has 2 aromatic carbocycles. The molecule has 0 radical (unpaired) electrons. The van der Waals surface area contributed by atoms with E-state index in [0.717, 1.165) is 53.3 Å². The number of fused-ring (bicyclic) bond motifs is 2. The zero-order valence-corrected chi connectivity index (χ0v) is 14.2. The summed E-state index contributed by atoms with van der Waals surface area (Å²) in [6.07, 6.45) is 3.70. The normalized spacial score (nSPS) is 13.5. The second kappa shape index (κ2) is 5.49. The van der Waals surface area contributed by atoms with E-state index in [1.54, 1.807) is 6.33 Å². The van der Waals surface area contributed by atoms with Gasteiger partial charge in [0.05, 0.1) is 17.4 Å². The highest BCUT2D eigenvalue weighted by atomic mass is 19.1. The van der Waals surface area contributed by atoms with Gasteiger partial charge in [0.25, 0.3) is 0 Å². The maximum absolute atomic E-state index is 14.5. The van der Waals surface area contributed by atoms with Crippen molar-refractivity contribution >= 4 is 11.0 Å². The van der Waals surface area contributed by atoms with Crippen molar-refractivity contribution < 1.29 is 8.78 Å². The standard InChI is InChI=1S/C20H16F2N4/c1-25-11-23-16-7-4-12(9-18(16)25)19-17-3-2-8-26(17)24-20(19)14-6-5-13(21)10-15(14)22/h4-7,9-11H,2-3,8H2,1H3. The zero-order valence-electron chi connectivity index (χ0n) is 14.2. The molecule has 2 aromatic heterocycles. The van der Waals surface area contributed by atoms with Crippen molar-refractivity contribution in [3.63, 3.8) is 0 Å². The van der Waals surface area contributed by atoms with E-state index in [1.165, 1.54) is 12.1 Å². The molecule has 1 aliphatic heterocycles. The lowest BCUT2D eigenvalue weighted by atomic mass is 9.97. The fourth-order valence-electron chi connectivity index (χ4n) is 3.79. The molecule has 1 aliphatic rings. The Labute approximate surface area is 148 Å². The molecule has 0 N–H and O–H groups in total. The molecule has 0 bridgehead atoms. The Hall–Kier alpha value is -3.02. The van der Waals surface area contributed by atoms with Crippen molar-refractivity contribution in [3.8, 4) is 22.4 Å². The second-order valence-corrected chi connectivity index (χ2v) is 6.68. The first-order valence-electron chi connectivity index (χ1n) is 8.58. The Morgan fingerprint density at radius 2 is 1.96 bits per heavy atom. The van der Waals surface area contributed by atoms with Gasteiger partial charge in [0.2, 0.25) is 0 Å². The third-order valence-electron chi connectivity index (χ3n) is 5.04. The molecule has 3 heterocycles. The summed E-state index contributed by atoms with van der Waals surface area (Å²) < 4.78 is 31.7. The molecular weight excluding hydrogens is 334 g/mol. The molecule has 0 saturated heterocycles. The van der Waals surface area contributed by atoms with Crippen LogP contribution in [0.5, 0.6) is 0 Å². The molecule has 4 aromatic rings. The Bertz CT molecular complexity index is 1160. The molecule has 0 atom stereocenters. The van der Waals surface area contributed by atoms with Crippen molar-refractivity contribution in [1.82, 2.24) is 19.3 Å². The van der Waals surface area contributed by atoms with Crippen LogP contribution >= 0.6 is 0 Å². The van der Waals surface area contributed by atoms with Crippen LogP contribution in [0, 0.1) is 11.6 Å². The van der Waals surface area contributed by atoms with Crippen molar-refractivity contribution in [2.45, 2.75) is 19.4 Å². The van der Waals surface area contributed by atoms with Crippen molar-refractivity contribution in [1.29, 1.82) is 0 Å². The Morgan fingerprint density at radius 3 is 2.81 bits per heavy atom. The quantitative estimate of drug-likeness (QED) is 0.539. The molecule has 130 valence electrons. The van der Waals surface area contributed by atoms with E-state index in [0.29, 0.717) is 11.3 Å². The van der Waals surface area contributed by atoms with Gasteiger partial charge in [0.1, 0.15) is 17.3 Å². The van der Waals surface area contributed by atoms with Gasteiger partial charge in [-0.1, -0.05) is 6.07 Å². The third kappa shape index (κ3) is 2.18. The molecule has 5 rings (SSSR count). The minimum atomic E-state index is -0.593. The van der Waals surface area contributed by atoms with Gasteiger partial charge in [-0.2, -0.15) is 5.10 Å². The van der Waals surface area contributed by atoms with Gasteiger partial charge < -0.3 is 4.57 Å². The van der Waals surface area contributed by atoms with E-state index in [9.17, 15) is 8.78 Å². The minimum absolute atomic E-state index is 0.327. The lowest BCUT2D eigenvalue weighted by Crippen LogP contribution is -1.95. The van der Waals surface area contributed by atoms with E-state index in [4.69, 9.17) is 0 Å². The van der Waals surface area contributed by atoms with Crippen LogP contribution in [0.25, 0.3) is 33.4 Å². The maximum atomic E-state index is 14.5. The topological polar surface area (TPSA) is 35.6 Å². The summed E-state index contributed by atoms with van der Waals surface area (Å²) in [4.78, 5) is 4.36. The third-order valence-corrected chi connectivity index (χ3v) is 5.04. The zero-order chi connectivity index (χ0) is 17.8. The van der Waals surface area contributed by atoms with E-state index in [-0.39, 0.29) is 0 Å². The number of rotatable bonds is 2. The molecule has 6 heteroatoms. The van der Waals surface area contributed by atoms with Gasteiger partial charge in [-0.15, -0.1) is 0 Å². The first-order chi connectivity index (χ1) is 12.6. The molecular formula is C20H16F2N4. The Balaban J connectivity index is 1.78. The summed E-state index contributed by atoms with van der Waals surface area (Å²) in [7, 11) is 1.95. The average Bonchev–Trinajstić information content (AvgIpc) is 3.29. The molecule has 0 unspecified atom stereocenters. The van der Waals surface area contributed by atoms with Gasteiger partial charge in [0, 0.05) is 36.5 Å². The average molecular weight is 350 g/mol. The van der Waals surface area contributed by atoms with Crippen LogP contribution in [-0.2, 0) is 20.0 Å². The highest BCUT2D eigenvalue weighted by molar-refractivity contribution is 5.88. The van der Waals surface area contributed by atoms with Crippen LogP contribution in [-0.4, -0.2) is 19.3 Å². The molecule has 0 amide bonds. The highest BCUT2D eigenvalue weighted by Gasteiger charge is 2.25. The number of nitrogens with zero attached hydrogens (tertiary/aromatic N) is 4. The number of aryl methyl sites for hydroxylation is 2. The summed E-state index contributed by atoms with van der Waals surface area (Å²) in [6, 6.07) is 9.67. The minimum Gasteiger partial charge on any atom is -0.334 e. The number of hydrogen-bond acceptors (Lipinski definition) is 2. The van der Waals surface area contributed by atoms with Gasteiger partial charge in [0.15, 0.2) is 0 Å². The molecule has 4 nitrogen and oxygen atoms in total. The Kier molecular flexibility index (Phi) is 3.22. The van der Waals surface area contributed by atoms with Crippen LogP contribution in [0.4, 0.5) is 8.78 Å². The fourth-order valence-corrected chi connectivity index (χ4v) is 3.79. The monoisotopic (exact) mass is 350 g/mol. The fraction of sp³-hybridized carbons (Fsp3) is 0.200. The molecule has 0 aliphatic carbocycles. The smallest absolute Gasteiger partial charge is 0.135 e. The molecule has 26 heavy (non-hydrogen) atoms. The first-order valence-corrected chi connectivity index (χ1v) is 8.58. The number of aromatic nitrogens is 4. The van der Waals surface area contributed by atoms with Crippen LogP contribution in [0.2, 0.25) is 0 Å². The van der Waals surface area contributed by atoms with Crippen molar-refractivity contribution in [2.75, 3.05) is 0 Å². The van der Waals surface area contributed by atoms with Crippen LogP contribution in [0.15, 0.2) is 42.7 Å². The van der Waals surface area contributed by atoms with Gasteiger partial charge in [-0.05, 0) is 42.7 Å². The largest absolute Gasteiger partial charge is 0.334 e. The summed E-state index contributed by atoms with van der Waals surface area (Å²) in [6.45, 7) is 0.819. The summed E-state index contributed by atoms with van der Waals surface area (Å²) in [5, 5.41) is 4.65. The lowest BCUT2D eigenvalue weighted by molar-refractivity contribution is 0.584. The SMILES string of the molecule is Cn1cnc2ccc(-c3c(-c4ccc(F)cc4F)nn4c3CCC4)cc21. The van der Waals surface area contributed by atoms with E-state index in [2.05, 4.69) is 16.1 Å².